The van der Waals surface area contributed by atoms with Crippen LogP contribution in [-0.4, -0.2) is 18.3 Å². The molecule has 2 atom stereocenters. The predicted octanol–water partition coefficient (Wildman–Crippen LogP) is 1.87. The zero-order valence-electron chi connectivity index (χ0n) is 10.7. The number of benzene rings is 1. The molecule has 0 heterocycles. The van der Waals surface area contributed by atoms with Gasteiger partial charge in [0.15, 0.2) is 0 Å². The van der Waals surface area contributed by atoms with E-state index in [9.17, 15) is 5.11 Å². The van der Waals surface area contributed by atoms with E-state index in [1.807, 2.05) is 26.0 Å². The van der Waals surface area contributed by atoms with Gasteiger partial charge in [-0.25, -0.2) is 0 Å². The standard InChI is InChI=1S/C13H21NO2/c1-8-6-11(13(4,15)10(3)14)12(16-5)7-9(8)2/h6-7,10,15H,14H2,1-5H3. The molecule has 0 aliphatic carbocycles. The van der Waals surface area contributed by atoms with Gasteiger partial charge < -0.3 is 15.6 Å². The van der Waals surface area contributed by atoms with Crippen molar-refractivity contribution >= 4 is 0 Å². The molecule has 0 spiro atoms. The first kappa shape index (κ1) is 13.0. The van der Waals surface area contributed by atoms with Crippen LogP contribution in [-0.2, 0) is 5.60 Å². The summed E-state index contributed by atoms with van der Waals surface area (Å²) in [6.07, 6.45) is 0. The summed E-state index contributed by atoms with van der Waals surface area (Å²) in [5.74, 6) is 0.686. The molecule has 0 bridgehead atoms. The number of aryl methyl sites for hydroxylation is 2. The third-order valence-corrected chi connectivity index (χ3v) is 3.25. The molecule has 0 aliphatic rings. The van der Waals surface area contributed by atoms with Crippen LogP contribution in [0, 0.1) is 13.8 Å². The van der Waals surface area contributed by atoms with E-state index < -0.39 is 5.60 Å². The summed E-state index contributed by atoms with van der Waals surface area (Å²) in [5, 5.41) is 10.4. The van der Waals surface area contributed by atoms with E-state index in [2.05, 4.69) is 0 Å². The summed E-state index contributed by atoms with van der Waals surface area (Å²) in [6.45, 7) is 7.52. The Bertz CT molecular complexity index is 384. The molecule has 2 unspecified atom stereocenters. The highest BCUT2D eigenvalue weighted by molar-refractivity contribution is 5.45. The number of ether oxygens (including phenoxy) is 1. The predicted molar refractivity (Wildman–Crippen MR) is 65.7 cm³/mol. The van der Waals surface area contributed by atoms with Gasteiger partial charge in [-0.3, -0.25) is 0 Å². The van der Waals surface area contributed by atoms with E-state index in [0.29, 0.717) is 5.75 Å². The van der Waals surface area contributed by atoms with E-state index in [0.717, 1.165) is 16.7 Å². The quantitative estimate of drug-likeness (QED) is 0.822. The van der Waals surface area contributed by atoms with Crippen LogP contribution in [0.4, 0.5) is 0 Å². The van der Waals surface area contributed by atoms with Crippen molar-refractivity contribution in [2.75, 3.05) is 7.11 Å². The summed E-state index contributed by atoms with van der Waals surface area (Å²) < 4.78 is 5.30. The fourth-order valence-corrected chi connectivity index (χ4v) is 1.60. The summed E-state index contributed by atoms with van der Waals surface area (Å²) in [4.78, 5) is 0. The van der Waals surface area contributed by atoms with Crippen molar-refractivity contribution in [1.82, 2.24) is 0 Å². The van der Waals surface area contributed by atoms with E-state index in [1.165, 1.54) is 0 Å². The Morgan fingerprint density at radius 3 is 2.25 bits per heavy atom. The molecule has 0 saturated heterocycles. The summed E-state index contributed by atoms with van der Waals surface area (Å²) in [5.41, 5.74) is 7.73. The molecule has 0 aliphatic heterocycles. The van der Waals surface area contributed by atoms with Crippen molar-refractivity contribution in [3.63, 3.8) is 0 Å². The SMILES string of the molecule is COc1cc(C)c(C)cc1C(C)(O)C(C)N. The molecule has 0 fully saturated rings. The first-order valence-corrected chi connectivity index (χ1v) is 5.44. The lowest BCUT2D eigenvalue weighted by Crippen LogP contribution is -2.41. The van der Waals surface area contributed by atoms with Crippen molar-refractivity contribution in [2.45, 2.75) is 39.3 Å². The zero-order chi connectivity index (χ0) is 12.5. The molecule has 1 aromatic rings. The van der Waals surface area contributed by atoms with Gasteiger partial charge in [0, 0.05) is 11.6 Å². The van der Waals surface area contributed by atoms with Crippen LogP contribution >= 0.6 is 0 Å². The maximum atomic E-state index is 10.4. The number of rotatable bonds is 3. The second-order valence-corrected chi connectivity index (χ2v) is 4.57. The summed E-state index contributed by atoms with van der Waals surface area (Å²) in [7, 11) is 1.60. The van der Waals surface area contributed by atoms with Crippen molar-refractivity contribution < 1.29 is 9.84 Å². The molecule has 90 valence electrons. The van der Waals surface area contributed by atoms with Gasteiger partial charge in [-0.15, -0.1) is 0 Å². The highest BCUT2D eigenvalue weighted by atomic mass is 16.5. The average Bonchev–Trinajstić information content (AvgIpc) is 2.20. The largest absolute Gasteiger partial charge is 0.496 e. The maximum Gasteiger partial charge on any atom is 0.125 e. The summed E-state index contributed by atoms with van der Waals surface area (Å²) >= 11 is 0. The fraction of sp³-hybridized carbons (Fsp3) is 0.538. The number of methoxy groups -OCH3 is 1. The zero-order valence-corrected chi connectivity index (χ0v) is 10.7. The number of hydrogen-bond acceptors (Lipinski definition) is 3. The van der Waals surface area contributed by atoms with Gasteiger partial charge in [0.2, 0.25) is 0 Å². The van der Waals surface area contributed by atoms with E-state index in [-0.39, 0.29) is 6.04 Å². The van der Waals surface area contributed by atoms with Crippen LogP contribution in [0.2, 0.25) is 0 Å². The van der Waals surface area contributed by atoms with Gasteiger partial charge in [0.1, 0.15) is 11.4 Å². The maximum absolute atomic E-state index is 10.4. The number of hydrogen-bond donors (Lipinski definition) is 2. The third-order valence-electron chi connectivity index (χ3n) is 3.25. The van der Waals surface area contributed by atoms with Crippen LogP contribution < -0.4 is 10.5 Å². The Hall–Kier alpha value is -1.06. The molecule has 16 heavy (non-hydrogen) atoms. The first-order valence-electron chi connectivity index (χ1n) is 5.44. The minimum absolute atomic E-state index is 0.358. The van der Waals surface area contributed by atoms with Gasteiger partial charge in [-0.05, 0) is 51.0 Å². The molecule has 1 aromatic carbocycles. The molecule has 3 N–H and O–H groups in total. The number of aliphatic hydroxyl groups is 1. The molecule has 3 heteroatoms. The number of nitrogens with two attached hydrogens (primary N) is 1. The normalized spacial score (nSPS) is 16.7. The summed E-state index contributed by atoms with van der Waals surface area (Å²) in [6, 6.07) is 3.52. The Labute approximate surface area is 97.2 Å². The second kappa shape index (κ2) is 4.44. The molecule has 0 amide bonds. The molecule has 0 aromatic heterocycles. The second-order valence-electron chi connectivity index (χ2n) is 4.57. The lowest BCUT2D eigenvalue weighted by Gasteiger charge is -2.30. The van der Waals surface area contributed by atoms with Crippen LogP contribution in [0.15, 0.2) is 12.1 Å². The molecule has 1 rings (SSSR count). The highest BCUT2D eigenvalue weighted by Crippen LogP contribution is 2.33. The molecule has 0 radical (unpaired) electrons. The topological polar surface area (TPSA) is 55.5 Å². The Morgan fingerprint density at radius 2 is 1.81 bits per heavy atom. The van der Waals surface area contributed by atoms with Gasteiger partial charge in [0.05, 0.1) is 7.11 Å². The fourth-order valence-electron chi connectivity index (χ4n) is 1.60. The van der Waals surface area contributed by atoms with E-state index in [4.69, 9.17) is 10.5 Å². The van der Waals surface area contributed by atoms with E-state index in [1.54, 1.807) is 21.0 Å². The van der Waals surface area contributed by atoms with Gasteiger partial charge in [-0.2, -0.15) is 0 Å². The van der Waals surface area contributed by atoms with Crippen LogP contribution in [0.1, 0.15) is 30.5 Å². The monoisotopic (exact) mass is 223 g/mol. The van der Waals surface area contributed by atoms with Crippen molar-refractivity contribution in [3.8, 4) is 5.75 Å². The average molecular weight is 223 g/mol. The molecule has 0 saturated carbocycles. The minimum Gasteiger partial charge on any atom is -0.496 e. The third kappa shape index (κ3) is 2.20. The van der Waals surface area contributed by atoms with Crippen LogP contribution in [0.25, 0.3) is 0 Å². The smallest absolute Gasteiger partial charge is 0.125 e. The lowest BCUT2D eigenvalue weighted by molar-refractivity contribution is 0.0325. The van der Waals surface area contributed by atoms with Crippen molar-refractivity contribution in [1.29, 1.82) is 0 Å². The molecular formula is C13H21NO2. The molecular weight excluding hydrogens is 202 g/mol. The Balaban J connectivity index is 3.37. The van der Waals surface area contributed by atoms with Gasteiger partial charge >= 0.3 is 0 Å². The Morgan fingerprint density at radius 1 is 1.31 bits per heavy atom. The Kier molecular flexibility index (Phi) is 3.61. The van der Waals surface area contributed by atoms with Crippen molar-refractivity contribution in [2.24, 2.45) is 5.73 Å². The van der Waals surface area contributed by atoms with Crippen LogP contribution in [0.3, 0.4) is 0 Å². The van der Waals surface area contributed by atoms with Gasteiger partial charge in [-0.1, -0.05) is 0 Å². The lowest BCUT2D eigenvalue weighted by atomic mass is 9.87. The first-order chi connectivity index (χ1) is 7.30. The minimum atomic E-state index is -1.08. The van der Waals surface area contributed by atoms with Gasteiger partial charge in [0.25, 0.3) is 0 Å². The molecule has 3 nitrogen and oxygen atoms in total. The van der Waals surface area contributed by atoms with E-state index >= 15 is 0 Å². The highest BCUT2D eigenvalue weighted by Gasteiger charge is 2.31. The van der Waals surface area contributed by atoms with Crippen LogP contribution in [0.5, 0.6) is 5.75 Å². The van der Waals surface area contributed by atoms with Crippen molar-refractivity contribution in [3.05, 3.63) is 28.8 Å².